The van der Waals surface area contributed by atoms with Crippen molar-refractivity contribution in [3.8, 4) is 11.1 Å². The average Bonchev–Trinajstić information content (AvgIpc) is 3.59. The first-order chi connectivity index (χ1) is 22.4. The number of piperidine rings is 1. The number of aromatic nitrogens is 4. The molecule has 1 aliphatic carbocycles. The Hall–Kier alpha value is -3.02. The minimum absolute atomic E-state index is 0.0107. The molecule has 2 aliphatic heterocycles. The molecule has 262 valence electrons. The fraction of sp³-hybridized carbons (Fsp3) is 0.676. The number of nitrogens with zero attached hydrogens (tertiary/aromatic N) is 6. The van der Waals surface area contributed by atoms with Gasteiger partial charge in [-0.05, 0) is 87.7 Å². The molecular weight excluding hydrogens is 621 g/mol. The summed E-state index contributed by atoms with van der Waals surface area (Å²) in [6.45, 7) is 25.6. The monoisotopic (exact) mass is 676 g/mol. The lowest BCUT2D eigenvalue weighted by atomic mass is 9.57. The molecular formula is C37H56N6O4Si. The summed E-state index contributed by atoms with van der Waals surface area (Å²) in [4.78, 5) is 26.4. The molecule has 0 N–H and O–H groups in total. The molecule has 3 aromatic rings. The normalized spacial score (nSPS) is 22.7. The van der Waals surface area contributed by atoms with Crippen LogP contribution in [0.15, 0.2) is 36.9 Å². The molecule has 3 aromatic heterocycles. The second-order valence-electron chi connectivity index (χ2n) is 17.5. The van der Waals surface area contributed by atoms with Crippen LogP contribution >= 0.6 is 0 Å². The van der Waals surface area contributed by atoms with Crippen molar-refractivity contribution in [1.29, 1.82) is 0 Å². The number of rotatable bonds is 7. The third-order valence-corrected chi connectivity index (χ3v) is 16.0. The Morgan fingerprint density at radius 3 is 2.31 bits per heavy atom. The number of fused-ring (bicyclic) bond motifs is 1. The van der Waals surface area contributed by atoms with Gasteiger partial charge >= 0.3 is 6.09 Å². The second-order valence-corrected chi connectivity index (χ2v) is 22.3. The van der Waals surface area contributed by atoms with Crippen LogP contribution in [0.4, 0.5) is 10.5 Å². The molecule has 1 saturated carbocycles. The van der Waals surface area contributed by atoms with E-state index in [4.69, 9.17) is 13.9 Å². The highest BCUT2D eigenvalue weighted by atomic mass is 28.4. The fourth-order valence-corrected chi connectivity index (χ4v) is 8.65. The number of ether oxygens (including phenoxy) is 2. The summed E-state index contributed by atoms with van der Waals surface area (Å²) in [5, 5.41) is 4.86. The highest BCUT2D eigenvalue weighted by molar-refractivity contribution is 6.74. The lowest BCUT2D eigenvalue weighted by Crippen LogP contribution is -2.69. The Morgan fingerprint density at radius 2 is 1.67 bits per heavy atom. The Kier molecular flexibility index (Phi) is 8.99. The fourth-order valence-electron chi connectivity index (χ4n) is 7.27. The Morgan fingerprint density at radius 1 is 0.979 bits per heavy atom. The third kappa shape index (κ3) is 6.87. The lowest BCUT2D eigenvalue weighted by Gasteiger charge is -2.62. The minimum Gasteiger partial charge on any atom is -0.444 e. The molecule has 6 rings (SSSR count). The molecule has 11 heteroatoms. The number of carbonyl (C=O) groups excluding carboxylic acids is 1. The molecule has 1 amide bonds. The summed E-state index contributed by atoms with van der Waals surface area (Å²) < 4.78 is 20.6. The van der Waals surface area contributed by atoms with Gasteiger partial charge in [-0.15, -0.1) is 0 Å². The minimum atomic E-state index is -1.86. The Balaban J connectivity index is 1.09. The van der Waals surface area contributed by atoms with Gasteiger partial charge in [-0.25, -0.2) is 19.3 Å². The van der Waals surface area contributed by atoms with E-state index in [-0.39, 0.29) is 34.2 Å². The average molecular weight is 677 g/mol. The summed E-state index contributed by atoms with van der Waals surface area (Å²) in [6, 6.07) is 4.25. The van der Waals surface area contributed by atoms with Crippen LogP contribution in [0.25, 0.3) is 16.6 Å². The molecule has 0 aromatic carbocycles. The first-order valence-corrected chi connectivity index (χ1v) is 20.6. The molecule has 5 heterocycles. The van der Waals surface area contributed by atoms with Gasteiger partial charge in [-0.1, -0.05) is 34.6 Å². The summed E-state index contributed by atoms with van der Waals surface area (Å²) in [6.07, 6.45) is 12.0. The van der Waals surface area contributed by atoms with Crippen LogP contribution in [0, 0.1) is 10.8 Å². The Bertz CT molecular complexity index is 1620. The number of pyridine rings is 1. The van der Waals surface area contributed by atoms with Gasteiger partial charge in [-0.2, -0.15) is 5.10 Å². The maximum absolute atomic E-state index is 12.7. The predicted molar refractivity (Wildman–Crippen MR) is 192 cm³/mol. The van der Waals surface area contributed by atoms with Crippen LogP contribution in [0.5, 0.6) is 0 Å². The van der Waals surface area contributed by atoms with E-state index < -0.39 is 13.9 Å². The molecule has 0 radical (unpaired) electrons. The maximum atomic E-state index is 12.7. The highest BCUT2D eigenvalue weighted by Gasteiger charge is 2.57. The van der Waals surface area contributed by atoms with Crippen molar-refractivity contribution >= 4 is 25.6 Å². The van der Waals surface area contributed by atoms with Crippen LogP contribution in [0.3, 0.4) is 0 Å². The first-order valence-electron chi connectivity index (χ1n) is 17.7. The SMILES string of the molecule is CC(C)(C)OC(=O)N1CC2(CCN(c3cnn4ccc(-c5cnc(CO[C@H]6CCC[C@@H]6O[Si](C)(C)C(C)(C)C)nc5)cc34)CC2(C)C)C1. The predicted octanol–water partition coefficient (Wildman–Crippen LogP) is 7.72. The standard InChI is InChI=1S/C37H56N6O4Si/c1-34(2,3)46-33(44)42-24-37(25-42)15-17-41(23-36(37,7)8)29-21-40-43-16-14-26(18-28(29)43)27-19-38-32(39-20-27)22-45-30-12-11-13-31(30)47-48(9,10)35(4,5)6/h14,16,18-21,30-31H,11-13,15,17,22-25H2,1-10H3/t30-,31-/m0/s1. The van der Waals surface area contributed by atoms with Crippen LogP contribution in [0.2, 0.25) is 18.1 Å². The molecule has 0 bridgehead atoms. The molecule has 1 spiro atoms. The van der Waals surface area contributed by atoms with E-state index in [9.17, 15) is 4.79 Å². The zero-order valence-electron chi connectivity index (χ0n) is 30.8. The zero-order chi connectivity index (χ0) is 34.7. The Labute approximate surface area is 287 Å². The highest BCUT2D eigenvalue weighted by Crippen LogP contribution is 2.53. The molecule has 2 atom stereocenters. The van der Waals surface area contributed by atoms with Crippen molar-refractivity contribution in [2.75, 3.05) is 31.1 Å². The van der Waals surface area contributed by atoms with Crippen LogP contribution in [-0.4, -0.2) is 82.9 Å². The number of likely N-dealkylation sites (tertiary alicyclic amines) is 1. The van der Waals surface area contributed by atoms with Gasteiger partial charge in [0.15, 0.2) is 14.1 Å². The van der Waals surface area contributed by atoms with E-state index in [2.05, 4.69) is 79.8 Å². The van der Waals surface area contributed by atoms with Gasteiger partial charge in [0.05, 0.1) is 29.6 Å². The van der Waals surface area contributed by atoms with Crippen molar-refractivity contribution in [1.82, 2.24) is 24.5 Å². The molecule has 10 nitrogen and oxygen atoms in total. The van der Waals surface area contributed by atoms with Crippen molar-refractivity contribution in [3.63, 3.8) is 0 Å². The van der Waals surface area contributed by atoms with Crippen LogP contribution < -0.4 is 4.90 Å². The van der Waals surface area contributed by atoms with E-state index in [0.29, 0.717) is 12.4 Å². The first kappa shape index (κ1) is 34.8. The maximum Gasteiger partial charge on any atom is 0.410 e. The van der Waals surface area contributed by atoms with Gasteiger partial charge in [-0.3, -0.25) is 0 Å². The van der Waals surface area contributed by atoms with Crippen molar-refractivity contribution in [2.24, 2.45) is 10.8 Å². The van der Waals surface area contributed by atoms with Gasteiger partial charge in [0.25, 0.3) is 0 Å². The van der Waals surface area contributed by atoms with Crippen molar-refractivity contribution in [3.05, 3.63) is 42.7 Å². The van der Waals surface area contributed by atoms with Gasteiger partial charge in [0.1, 0.15) is 12.2 Å². The summed E-state index contributed by atoms with van der Waals surface area (Å²) >= 11 is 0. The van der Waals surface area contributed by atoms with E-state index in [0.717, 1.165) is 74.2 Å². The summed E-state index contributed by atoms with van der Waals surface area (Å²) in [5.74, 6) is 0.688. The van der Waals surface area contributed by atoms with Crippen LogP contribution in [0.1, 0.15) is 86.9 Å². The van der Waals surface area contributed by atoms with E-state index >= 15 is 0 Å². The molecule has 0 unspecified atom stereocenters. The molecule has 3 aliphatic rings. The largest absolute Gasteiger partial charge is 0.444 e. The van der Waals surface area contributed by atoms with Crippen molar-refractivity contribution in [2.45, 2.75) is 124 Å². The molecule has 2 saturated heterocycles. The number of amides is 1. The van der Waals surface area contributed by atoms with Crippen LogP contribution in [-0.2, 0) is 20.5 Å². The number of anilines is 1. The topological polar surface area (TPSA) is 94.3 Å². The van der Waals surface area contributed by atoms with Gasteiger partial charge in [0.2, 0.25) is 0 Å². The molecule has 3 fully saturated rings. The van der Waals surface area contributed by atoms with E-state index in [1.54, 1.807) is 0 Å². The summed E-state index contributed by atoms with van der Waals surface area (Å²) in [7, 11) is -1.86. The van der Waals surface area contributed by atoms with Gasteiger partial charge < -0.3 is 23.7 Å². The molecule has 48 heavy (non-hydrogen) atoms. The summed E-state index contributed by atoms with van der Waals surface area (Å²) in [5.41, 5.74) is 3.82. The smallest absolute Gasteiger partial charge is 0.410 e. The third-order valence-electron chi connectivity index (χ3n) is 11.5. The van der Waals surface area contributed by atoms with Crippen molar-refractivity contribution < 1.29 is 18.7 Å². The number of carbonyl (C=O) groups is 1. The van der Waals surface area contributed by atoms with Gasteiger partial charge in [0, 0.05) is 55.7 Å². The number of hydrogen-bond donors (Lipinski definition) is 0. The quantitative estimate of drug-likeness (QED) is 0.235. The lowest BCUT2D eigenvalue weighted by molar-refractivity contribution is -0.100. The van der Waals surface area contributed by atoms with E-state index in [1.807, 2.05) is 55.0 Å². The second kappa shape index (κ2) is 12.4. The zero-order valence-corrected chi connectivity index (χ0v) is 31.8. The van der Waals surface area contributed by atoms with E-state index in [1.165, 1.54) is 0 Å². The number of hydrogen-bond acceptors (Lipinski definition) is 8.